The zero-order valence-electron chi connectivity index (χ0n) is 13.5. The molecule has 0 bridgehead atoms. The Balaban J connectivity index is 0.00000264. The van der Waals surface area contributed by atoms with Crippen LogP contribution in [0.2, 0.25) is 0 Å². The number of carbonyl (C=O) groups is 2. The van der Waals surface area contributed by atoms with Gasteiger partial charge in [0.15, 0.2) is 0 Å². The molecular weight excluding hydrogens is 314 g/mol. The average molecular weight is 340 g/mol. The second kappa shape index (κ2) is 9.53. The smallest absolute Gasteiger partial charge is 0.225 e. The van der Waals surface area contributed by atoms with Crippen molar-refractivity contribution in [1.82, 2.24) is 10.2 Å². The van der Waals surface area contributed by atoms with E-state index in [1.54, 1.807) is 4.90 Å². The second-order valence-corrected chi connectivity index (χ2v) is 5.82. The van der Waals surface area contributed by atoms with Crippen LogP contribution in [0.4, 0.5) is 0 Å². The van der Waals surface area contributed by atoms with Crippen LogP contribution in [0.5, 0.6) is 0 Å². The number of hydrogen-bond donors (Lipinski definition) is 2. The maximum atomic E-state index is 12.2. The minimum Gasteiger partial charge on any atom is -0.356 e. The molecule has 0 radical (unpaired) electrons. The monoisotopic (exact) mass is 339 g/mol. The summed E-state index contributed by atoms with van der Waals surface area (Å²) in [6, 6.07) is 9.92. The van der Waals surface area contributed by atoms with Gasteiger partial charge in [0.25, 0.3) is 0 Å². The van der Waals surface area contributed by atoms with Crippen molar-refractivity contribution in [3.63, 3.8) is 0 Å². The maximum Gasteiger partial charge on any atom is 0.225 e. The molecule has 2 amide bonds. The average Bonchev–Trinajstić information content (AvgIpc) is 2.93. The molecule has 2 rings (SSSR count). The predicted molar refractivity (Wildman–Crippen MR) is 93.2 cm³/mol. The van der Waals surface area contributed by atoms with Gasteiger partial charge in [0.2, 0.25) is 11.8 Å². The molecule has 1 heterocycles. The second-order valence-electron chi connectivity index (χ2n) is 5.82. The lowest BCUT2D eigenvalue weighted by atomic mass is 10.1. The quantitative estimate of drug-likeness (QED) is 0.745. The fourth-order valence-corrected chi connectivity index (χ4v) is 2.82. The highest BCUT2D eigenvalue weighted by Crippen LogP contribution is 2.28. The van der Waals surface area contributed by atoms with Gasteiger partial charge in [-0.3, -0.25) is 9.59 Å². The molecule has 0 aliphatic carbocycles. The summed E-state index contributed by atoms with van der Waals surface area (Å²) in [4.78, 5) is 26.2. The molecule has 6 heteroatoms. The zero-order valence-corrected chi connectivity index (χ0v) is 14.3. The number of benzene rings is 1. The largest absolute Gasteiger partial charge is 0.356 e. The summed E-state index contributed by atoms with van der Waals surface area (Å²) in [7, 11) is 0. The van der Waals surface area contributed by atoms with Crippen molar-refractivity contribution in [1.29, 1.82) is 0 Å². The summed E-state index contributed by atoms with van der Waals surface area (Å²) < 4.78 is 0. The highest BCUT2D eigenvalue weighted by molar-refractivity contribution is 5.89. The van der Waals surface area contributed by atoms with Gasteiger partial charge in [-0.15, -0.1) is 12.4 Å². The number of likely N-dealkylation sites (tertiary alicyclic amines) is 1. The lowest BCUT2D eigenvalue weighted by molar-refractivity contribution is -0.130. The van der Waals surface area contributed by atoms with Gasteiger partial charge in [0.1, 0.15) is 0 Å². The summed E-state index contributed by atoms with van der Waals surface area (Å²) in [5.41, 5.74) is 6.53. The lowest BCUT2D eigenvalue weighted by Gasteiger charge is -2.25. The Labute approximate surface area is 144 Å². The normalized spacial score (nSPS) is 18.4. The molecule has 2 atom stereocenters. The van der Waals surface area contributed by atoms with E-state index in [0.717, 1.165) is 18.4 Å². The topological polar surface area (TPSA) is 75.4 Å². The molecule has 5 nitrogen and oxygen atoms in total. The van der Waals surface area contributed by atoms with Crippen molar-refractivity contribution in [2.45, 2.75) is 32.2 Å². The minimum atomic E-state index is -0.239. The van der Waals surface area contributed by atoms with Gasteiger partial charge < -0.3 is 16.0 Å². The molecule has 0 aromatic heterocycles. The highest BCUT2D eigenvalue weighted by atomic mass is 35.5. The van der Waals surface area contributed by atoms with Crippen molar-refractivity contribution in [3.8, 4) is 0 Å². The number of halogens is 1. The Morgan fingerprint density at radius 1 is 1.35 bits per heavy atom. The molecule has 1 saturated heterocycles. The van der Waals surface area contributed by atoms with E-state index in [0.29, 0.717) is 26.1 Å². The summed E-state index contributed by atoms with van der Waals surface area (Å²) in [5, 5.41) is 2.91. The first-order chi connectivity index (χ1) is 10.6. The number of carbonyl (C=O) groups excluding carboxylic acids is 2. The van der Waals surface area contributed by atoms with Gasteiger partial charge in [-0.2, -0.15) is 0 Å². The Morgan fingerprint density at radius 2 is 2.04 bits per heavy atom. The van der Waals surface area contributed by atoms with Gasteiger partial charge in [0.05, 0.1) is 12.0 Å². The molecule has 2 unspecified atom stereocenters. The fraction of sp³-hybridized carbons (Fsp3) is 0.529. The Bertz CT molecular complexity index is 510. The van der Waals surface area contributed by atoms with Crippen molar-refractivity contribution < 1.29 is 9.59 Å². The standard InChI is InChI=1S/C17H25N3O2.ClH/c1-13(14-7-3-2-4-8-14)20-12-15(11-16(20)21)17(22)19-10-6-5-9-18;/h2-4,7-8,13,15H,5-6,9-12,18H2,1H3,(H,19,22);1H. The van der Waals surface area contributed by atoms with Crippen molar-refractivity contribution in [3.05, 3.63) is 35.9 Å². The lowest BCUT2D eigenvalue weighted by Crippen LogP contribution is -2.34. The minimum absolute atomic E-state index is 0. The van der Waals surface area contributed by atoms with E-state index in [1.165, 1.54) is 0 Å². The van der Waals surface area contributed by atoms with E-state index in [1.807, 2.05) is 37.3 Å². The molecule has 1 aliphatic rings. The Kier molecular flexibility index (Phi) is 8.06. The number of hydrogen-bond acceptors (Lipinski definition) is 3. The molecule has 0 saturated carbocycles. The molecule has 1 aliphatic heterocycles. The number of unbranched alkanes of at least 4 members (excludes halogenated alkanes) is 1. The maximum absolute atomic E-state index is 12.2. The van der Waals surface area contributed by atoms with Crippen molar-refractivity contribution >= 4 is 24.2 Å². The Hall–Kier alpha value is -1.59. The van der Waals surface area contributed by atoms with Crippen LogP contribution >= 0.6 is 12.4 Å². The first-order valence-corrected chi connectivity index (χ1v) is 7.95. The molecular formula is C17H26ClN3O2. The SMILES string of the molecule is CC(c1ccccc1)N1CC(C(=O)NCCCCN)CC1=O.Cl. The van der Waals surface area contributed by atoms with Crippen LogP contribution in [-0.4, -0.2) is 36.3 Å². The van der Waals surface area contributed by atoms with E-state index >= 15 is 0 Å². The first kappa shape index (κ1) is 19.5. The summed E-state index contributed by atoms with van der Waals surface area (Å²) in [5.74, 6) is -0.205. The van der Waals surface area contributed by atoms with Crippen LogP contribution in [0.1, 0.15) is 37.8 Å². The third kappa shape index (κ3) is 5.22. The van der Waals surface area contributed by atoms with Crippen LogP contribution in [0.25, 0.3) is 0 Å². The molecule has 1 aromatic carbocycles. The van der Waals surface area contributed by atoms with Gasteiger partial charge in [-0.25, -0.2) is 0 Å². The fourth-order valence-electron chi connectivity index (χ4n) is 2.82. The summed E-state index contributed by atoms with van der Waals surface area (Å²) in [6.45, 7) is 3.78. The molecule has 1 aromatic rings. The summed E-state index contributed by atoms with van der Waals surface area (Å²) in [6.07, 6.45) is 2.09. The number of rotatable bonds is 7. The van der Waals surface area contributed by atoms with E-state index in [4.69, 9.17) is 5.73 Å². The highest BCUT2D eigenvalue weighted by Gasteiger charge is 2.36. The van der Waals surface area contributed by atoms with Crippen LogP contribution < -0.4 is 11.1 Å². The molecule has 1 fully saturated rings. The number of amides is 2. The molecule has 128 valence electrons. The van der Waals surface area contributed by atoms with Gasteiger partial charge >= 0.3 is 0 Å². The van der Waals surface area contributed by atoms with Gasteiger partial charge in [-0.1, -0.05) is 30.3 Å². The molecule has 3 N–H and O–H groups in total. The van der Waals surface area contributed by atoms with E-state index in [2.05, 4.69) is 5.32 Å². The third-order valence-electron chi connectivity index (χ3n) is 4.21. The molecule has 0 spiro atoms. The van der Waals surface area contributed by atoms with Gasteiger partial charge in [0, 0.05) is 19.5 Å². The summed E-state index contributed by atoms with van der Waals surface area (Å²) >= 11 is 0. The van der Waals surface area contributed by atoms with E-state index in [9.17, 15) is 9.59 Å². The van der Waals surface area contributed by atoms with E-state index in [-0.39, 0.29) is 36.2 Å². The van der Waals surface area contributed by atoms with Crippen LogP contribution in [0.3, 0.4) is 0 Å². The predicted octanol–water partition coefficient (Wildman–Crippen LogP) is 1.87. The zero-order chi connectivity index (χ0) is 15.9. The van der Waals surface area contributed by atoms with Crippen LogP contribution in [0, 0.1) is 5.92 Å². The van der Waals surface area contributed by atoms with E-state index < -0.39 is 0 Å². The number of nitrogens with two attached hydrogens (primary N) is 1. The molecule has 23 heavy (non-hydrogen) atoms. The van der Waals surface area contributed by atoms with Gasteiger partial charge in [-0.05, 0) is 31.9 Å². The van der Waals surface area contributed by atoms with Crippen LogP contribution in [0.15, 0.2) is 30.3 Å². The van der Waals surface area contributed by atoms with Crippen LogP contribution in [-0.2, 0) is 9.59 Å². The van der Waals surface area contributed by atoms with Crippen molar-refractivity contribution in [2.75, 3.05) is 19.6 Å². The first-order valence-electron chi connectivity index (χ1n) is 7.95. The van der Waals surface area contributed by atoms with Crippen molar-refractivity contribution in [2.24, 2.45) is 11.7 Å². The third-order valence-corrected chi connectivity index (χ3v) is 4.21. The number of nitrogens with zero attached hydrogens (tertiary/aromatic N) is 1. The Morgan fingerprint density at radius 3 is 2.70 bits per heavy atom. The number of nitrogens with one attached hydrogen (secondary N) is 1.